The zero-order chi connectivity index (χ0) is 11.9. The monoisotopic (exact) mass is 227 g/mol. The van der Waals surface area contributed by atoms with E-state index in [0.717, 1.165) is 18.4 Å². The molecule has 2 nitrogen and oxygen atoms in total. The van der Waals surface area contributed by atoms with Crippen LogP contribution in [-0.4, -0.2) is 11.1 Å². The molecular weight excluding hydrogens is 212 g/mol. The number of phenols is 1. The molecule has 1 aliphatic rings. The Morgan fingerprint density at radius 3 is 2.44 bits per heavy atom. The molecule has 0 saturated heterocycles. The standard InChI is InChI=1S/C12H15F2NO/c1-7(15)12(4-5-12)8-2-3-10(16)9(6-8)11(13)14/h2-3,6-7,11,16H,4-5,15H2,1H3. The zero-order valence-electron chi connectivity index (χ0n) is 9.08. The number of aromatic hydroxyl groups is 1. The largest absolute Gasteiger partial charge is 0.507 e. The normalized spacial score (nSPS) is 19.8. The van der Waals surface area contributed by atoms with Gasteiger partial charge in [-0.1, -0.05) is 6.07 Å². The Kier molecular flexibility index (Phi) is 2.62. The van der Waals surface area contributed by atoms with Crippen LogP contribution in [0, 0.1) is 0 Å². The maximum absolute atomic E-state index is 12.6. The highest BCUT2D eigenvalue weighted by molar-refractivity contribution is 5.43. The van der Waals surface area contributed by atoms with Gasteiger partial charge in [-0.25, -0.2) is 8.78 Å². The molecule has 16 heavy (non-hydrogen) atoms. The maximum atomic E-state index is 12.6. The first kappa shape index (κ1) is 11.3. The van der Waals surface area contributed by atoms with Gasteiger partial charge in [0.25, 0.3) is 6.43 Å². The van der Waals surface area contributed by atoms with Crippen molar-refractivity contribution in [3.8, 4) is 5.75 Å². The lowest BCUT2D eigenvalue weighted by Crippen LogP contribution is -2.31. The van der Waals surface area contributed by atoms with Gasteiger partial charge in [0.05, 0.1) is 5.56 Å². The van der Waals surface area contributed by atoms with E-state index >= 15 is 0 Å². The van der Waals surface area contributed by atoms with E-state index in [1.165, 1.54) is 12.1 Å². The number of alkyl halides is 2. The predicted octanol–water partition coefficient (Wildman–Crippen LogP) is 2.71. The van der Waals surface area contributed by atoms with Crippen molar-refractivity contribution >= 4 is 0 Å². The Morgan fingerprint density at radius 1 is 1.38 bits per heavy atom. The van der Waals surface area contributed by atoms with Crippen LogP contribution in [0.5, 0.6) is 5.75 Å². The summed E-state index contributed by atoms with van der Waals surface area (Å²) in [6.45, 7) is 1.89. The Bertz CT molecular complexity index is 400. The van der Waals surface area contributed by atoms with Gasteiger partial charge in [0.2, 0.25) is 0 Å². The van der Waals surface area contributed by atoms with Crippen LogP contribution < -0.4 is 5.73 Å². The number of rotatable bonds is 3. The van der Waals surface area contributed by atoms with Crippen LogP contribution in [0.25, 0.3) is 0 Å². The molecule has 0 aromatic heterocycles. The average molecular weight is 227 g/mol. The van der Waals surface area contributed by atoms with Crippen molar-refractivity contribution in [2.24, 2.45) is 5.73 Å². The van der Waals surface area contributed by atoms with Gasteiger partial charge in [0, 0.05) is 11.5 Å². The molecule has 0 spiro atoms. The summed E-state index contributed by atoms with van der Waals surface area (Å²) in [4.78, 5) is 0. The number of phenolic OH excluding ortho intramolecular Hbond substituents is 1. The van der Waals surface area contributed by atoms with E-state index in [-0.39, 0.29) is 22.8 Å². The Balaban J connectivity index is 2.40. The summed E-state index contributed by atoms with van der Waals surface area (Å²) in [5.74, 6) is -0.348. The van der Waals surface area contributed by atoms with Crippen LogP contribution in [0.2, 0.25) is 0 Å². The lowest BCUT2D eigenvalue weighted by atomic mass is 9.88. The van der Waals surface area contributed by atoms with Crippen LogP contribution >= 0.6 is 0 Å². The topological polar surface area (TPSA) is 46.2 Å². The molecule has 4 heteroatoms. The van der Waals surface area contributed by atoms with E-state index in [1.807, 2.05) is 6.92 Å². The molecule has 88 valence electrons. The summed E-state index contributed by atoms with van der Waals surface area (Å²) < 4.78 is 25.3. The number of hydrogen-bond acceptors (Lipinski definition) is 2. The molecule has 3 N–H and O–H groups in total. The van der Waals surface area contributed by atoms with Gasteiger partial charge in [-0.15, -0.1) is 0 Å². The van der Waals surface area contributed by atoms with Crippen molar-refractivity contribution in [2.75, 3.05) is 0 Å². The second-order valence-corrected chi connectivity index (χ2v) is 4.52. The first-order chi connectivity index (χ1) is 7.47. The lowest BCUT2D eigenvalue weighted by molar-refractivity contribution is 0.147. The third kappa shape index (κ3) is 1.67. The van der Waals surface area contributed by atoms with E-state index in [1.54, 1.807) is 6.07 Å². The Morgan fingerprint density at radius 2 is 2.00 bits per heavy atom. The molecule has 0 radical (unpaired) electrons. The number of nitrogens with two attached hydrogens (primary N) is 1. The minimum absolute atomic E-state index is 0.0532. The molecular formula is C12H15F2NO. The van der Waals surface area contributed by atoms with Gasteiger partial charge in [-0.2, -0.15) is 0 Å². The quantitative estimate of drug-likeness (QED) is 0.834. The van der Waals surface area contributed by atoms with E-state index in [4.69, 9.17) is 5.73 Å². The molecule has 1 fully saturated rings. The predicted molar refractivity (Wildman–Crippen MR) is 57.6 cm³/mol. The van der Waals surface area contributed by atoms with Crippen molar-refractivity contribution in [1.82, 2.24) is 0 Å². The fraction of sp³-hybridized carbons (Fsp3) is 0.500. The smallest absolute Gasteiger partial charge is 0.267 e. The van der Waals surface area contributed by atoms with Crippen LogP contribution in [0.3, 0.4) is 0 Å². The third-order valence-electron chi connectivity index (χ3n) is 3.50. The van der Waals surface area contributed by atoms with Gasteiger partial charge >= 0.3 is 0 Å². The second kappa shape index (κ2) is 3.70. The van der Waals surface area contributed by atoms with Gasteiger partial charge in [-0.05, 0) is 37.5 Å². The molecule has 0 amide bonds. The Labute approximate surface area is 93.1 Å². The maximum Gasteiger partial charge on any atom is 0.267 e. The molecule has 0 aliphatic heterocycles. The summed E-state index contributed by atoms with van der Waals surface area (Å²) in [5.41, 5.74) is 6.24. The van der Waals surface area contributed by atoms with Crippen LogP contribution in [-0.2, 0) is 5.41 Å². The molecule has 1 atom stereocenters. The molecule has 1 aliphatic carbocycles. The molecule has 0 heterocycles. The number of halogens is 2. The van der Waals surface area contributed by atoms with Crippen molar-refractivity contribution < 1.29 is 13.9 Å². The molecule has 1 aromatic carbocycles. The first-order valence-corrected chi connectivity index (χ1v) is 5.34. The summed E-state index contributed by atoms with van der Waals surface area (Å²) >= 11 is 0. The van der Waals surface area contributed by atoms with Gasteiger partial charge in [0.15, 0.2) is 0 Å². The highest BCUT2D eigenvalue weighted by atomic mass is 19.3. The minimum Gasteiger partial charge on any atom is -0.507 e. The summed E-state index contributed by atoms with van der Waals surface area (Å²) in [7, 11) is 0. The number of hydrogen-bond donors (Lipinski definition) is 2. The molecule has 1 aromatic rings. The van der Waals surface area contributed by atoms with Crippen molar-refractivity contribution in [3.63, 3.8) is 0 Å². The number of benzene rings is 1. The molecule has 1 saturated carbocycles. The molecule has 1 unspecified atom stereocenters. The van der Waals surface area contributed by atoms with Crippen molar-refractivity contribution in [2.45, 2.75) is 37.6 Å². The van der Waals surface area contributed by atoms with Gasteiger partial charge in [0.1, 0.15) is 5.75 Å². The van der Waals surface area contributed by atoms with Crippen LogP contribution in [0.15, 0.2) is 18.2 Å². The van der Waals surface area contributed by atoms with Crippen LogP contribution in [0.4, 0.5) is 8.78 Å². The fourth-order valence-corrected chi connectivity index (χ4v) is 2.18. The third-order valence-corrected chi connectivity index (χ3v) is 3.50. The fourth-order valence-electron chi connectivity index (χ4n) is 2.18. The highest BCUT2D eigenvalue weighted by Gasteiger charge is 2.47. The minimum atomic E-state index is -2.65. The molecule has 2 rings (SSSR count). The molecule has 0 bridgehead atoms. The van der Waals surface area contributed by atoms with E-state index in [0.29, 0.717) is 0 Å². The van der Waals surface area contributed by atoms with Gasteiger partial charge in [-0.3, -0.25) is 0 Å². The van der Waals surface area contributed by atoms with Crippen LogP contribution in [0.1, 0.15) is 37.3 Å². The summed E-state index contributed by atoms with van der Waals surface area (Å²) in [6, 6.07) is 4.36. The lowest BCUT2D eigenvalue weighted by Gasteiger charge is -2.21. The van der Waals surface area contributed by atoms with E-state index in [2.05, 4.69) is 0 Å². The van der Waals surface area contributed by atoms with Gasteiger partial charge < -0.3 is 10.8 Å². The van der Waals surface area contributed by atoms with E-state index in [9.17, 15) is 13.9 Å². The SMILES string of the molecule is CC(N)C1(c2ccc(O)c(C(F)F)c2)CC1. The van der Waals surface area contributed by atoms with E-state index < -0.39 is 6.43 Å². The first-order valence-electron chi connectivity index (χ1n) is 5.34. The van der Waals surface area contributed by atoms with Crippen molar-refractivity contribution in [1.29, 1.82) is 0 Å². The van der Waals surface area contributed by atoms with Crippen molar-refractivity contribution in [3.05, 3.63) is 29.3 Å². The Hall–Kier alpha value is -1.16. The second-order valence-electron chi connectivity index (χ2n) is 4.52. The average Bonchev–Trinajstić information content (AvgIpc) is 2.98. The summed E-state index contributed by atoms with van der Waals surface area (Å²) in [5, 5.41) is 9.32. The summed E-state index contributed by atoms with van der Waals surface area (Å²) in [6.07, 6.45) is -0.792. The highest BCUT2D eigenvalue weighted by Crippen LogP contribution is 2.51. The zero-order valence-corrected chi connectivity index (χ0v) is 9.08.